The van der Waals surface area contributed by atoms with E-state index in [9.17, 15) is 0 Å². The van der Waals surface area contributed by atoms with Crippen LogP contribution in [-0.2, 0) is 0 Å². The molecule has 4 heteroatoms. The summed E-state index contributed by atoms with van der Waals surface area (Å²) in [4.78, 5) is 9.07. The minimum Gasteiger partial charge on any atom is -0.369 e. The zero-order chi connectivity index (χ0) is 12.6. The van der Waals surface area contributed by atoms with Gasteiger partial charge >= 0.3 is 0 Å². The molecule has 1 saturated heterocycles. The molecule has 0 unspecified atom stereocenters. The summed E-state index contributed by atoms with van der Waals surface area (Å²) in [6.07, 6.45) is 7.45. The van der Waals surface area contributed by atoms with Crippen molar-refractivity contribution in [3.8, 4) is 0 Å². The maximum atomic E-state index is 5.50. The first kappa shape index (κ1) is 13.3. The Bertz CT molecular complexity index is 320. The molecule has 0 saturated carbocycles. The molecule has 2 N–H and O–H groups in total. The van der Waals surface area contributed by atoms with Crippen LogP contribution in [0.5, 0.6) is 0 Å². The highest BCUT2D eigenvalue weighted by Crippen LogP contribution is 2.14. The second-order valence-electron chi connectivity index (χ2n) is 4.88. The molecular formula is C14H24N4. The van der Waals surface area contributed by atoms with Gasteiger partial charge in [-0.2, -0.15) is 0 Å². The Labute approximate surface area is 110 Å². The summed E-state index contributed by atoms with van der Waals surface area (Å²) in [5.41, 5.74) is 6.80. The van der Waals surface area contributed by atoms with Gasteiger partial charge < -0.3 is 10.6 Å². The Morgan fingerprint density at radius 2 is 1.72 bits per heavy atom. The van der Waals surface area contributed by atoms with E-state index in [4.69, 9.17) is 5.73 Å². The summed E-state index contributed by atoms with van der Waals surface area (Å²) in [5, 5.41) is 0. The maximum absolute atomic E-state index is 5.50. The van der Waals surface area contributed by atoms with E-state index in [1.807, 2.05) is 12.4 Å². The van der Waals surface area contributed by atoms with E-state index < -0.39 is 0 Å². The van der Waals surface area contributed by atoms with Crippen LogP contribution < -0.4 is 10.6 Å². The van der Waals surface area contributed by atoms with Gasteiger partial charge in [-0.05, 0) is 38.1 Å². The molecule has 0 aromatic carbocycles. The standard InChI is InChI=1S/C14H24N4/c15-6-2-1-3-9-17-10-12-18(13-11-17)14-4-7-16-8-5-14/h4-5,7-8H,1-3,6,9-13,15H2. The smallest absolute Gasteiger partial charge is 0.0397 e. The molecule has 0 spiro atoms. The van der Waals surface area contributed by atoms with E-state index in [0.29, 0.717) is 0 Å². The zero-order valence-corrected chi connectivity index (χ0v) is 11.1. The second kappa shape index (κ2) is 7.34. The summed E-state index contributed by atoms with van der Waals surface area (Å²) >= 11 is 0. The van der Waals surface area contributed by atoms with Crippen LogP contribution in [-0.4, -0.2) is 49.2 Å². The summed E-state index contributed by atoms with van der Waals surface area (Å²) in [7, 11) is 0. The average Bonchev–Trinajstić information content (AvgIpc) is 2.45. The molecule has 2 rings (SSSR count). The quantitative estimate of drug-likeness (QED) is 0.772. The number of anilines is 1. The van der Waals surface area contributed by atoms with Crippen molar-refractivity contribution in [2.24, 2.45) is 5.73 Å². The van der Waals surface area contributed by atoms with Crippen molar-refractivity contribution in [2.45, 2.75) is 19.3 Å². The molecule has 0 bridgehead atoms. The second-order valence-corrected chi connectivity index (χ2v) is 4.88. The molecule has 1 aliphatic heterocycles. The Kier molecular flexibility index (Phi) is 5.42. The lowest BCUT2D eigenvalue weighted by atomic mass is 10.2. The van der Waals surface area contributed by atoms with E-state index >= 15 is 0 Å². The van der Waals surface area contributed by atoms with E-state index in [-0.39, 0.29) is 0 Å². The van der Waals surface area contributed by atoms with Gasteiger partial charge in [0.2, 0.25) is 0 Å². The summed E-state index contributed by atoms with van der Waals surface area (Å²) in [5.74, 6) is 0. The van der Waals surface area contributed by atoms with E-state index in [2.05, 4.69) is 26.9 Å². The number of piperazine rings is 1. The van der Waals surface area contributed by atoms with Crippen LogP contribution in [0.25, 0.3) is 0 Å². The predicted octanol–water partition coefficient (Wildman–Crippen LogP) is 1.33. The number of pyridine rings is 1. The normalized spacial score (nSPS) is 17.1. The molecule has 0 radical (unpaired) electrons. The topological polar surface area (TPSA) is 45.4 Å². The van der Waals surface area contributed by atoms with E-state index in [1.165, 1.54) is 38.2 Å². The minimum absolute atomic E-state index is 0.829. The Morgan fingerprint density at radius 3 is 2.39 bits per heavy atom. The highest BCUT2D eigenvalue weighted by molar-refractivity contribution is 5.44. The predicted molar refractivity (Wildman–Crippen MR) is 75.8 cm³/mol. The van der Waals surface area contributed by atoms with Gasteiger partial charge in [0.15, 0.2) is 0 Å². The number of nitrogens with two attached hydrogens (primary N) is 1. The molecule has 1 fully saturated rings. The van der Waals surface area contributed by atoms with Gasteiger partial charge in [-0.25, -0.2) is 0 Å². The molecule has 0 atom stereocenters. The maximum Gasteiger partial charge on any atom is 0.0397 e. The third-order valence-electron chi connectivity index (χ3n) is 3.58. The van der Waals surface area contributed by atoms with Crippen molar-refractivity contribution >= 4 is 5.69 Å². The molecule has 1 aromatic rings. The summed E-state index contributed by atoms with van der Waals surface area (Å²) in [6.45, 7) is 6.65. The highest BCUT2D eigenvalue weighted by Gasteiger charge is 2.16. The molecule has 1 aromatic heterocycles. The third-order valence-corrected chi connectivity index (χ3v) is 3.58. The highest BCUT2D eigenvalue weighted by atomic mass is 15.3. The lowest BCUT2D eigenvalue weighted by Gasteiger charge is -2.36. The van der Waals surface area contributed by atoms with Crippen molar-refractivity contribution < 1.29 is 0 Å². The van der Waals surface area contributed by atoms with Gasteiger partial charge in [-0.3, -0.25) is 9.88 Å². The zero-order valence-electron chi connectivity index (χ0n) is 11.1. The van der Waals surface area contributed by atoms with Gasteiger partial charge in [0.1, 0.15) is 0 Å². The first-order chi connectivity index (χ1) is 8.90. The fraction of sp³-hybridized carbons (Fsp3) is 0.643. The number of rotatable bonds is 6. The molecule has 0 aliphatic carbocycles. The lowest BCUT2D eigenvalue weighted by Crippen LogP contribution is -2.46. The molecule has 100 valence electrons. The fourth-order valence-electron chi connectivity index (χ4n) is 2.44. The first-order valence-corrected chi connectivity index (χ1v) is 6.97. The molecule has 0 amide bonds. The fourth-order valence-corrected chi connectivity index (χ4v) is 2.44. The van der Waals surface area contributed by atoms with Crippen LogP contribution in [0.1, 0.15) is 19.3 Å². The van der Waals surface area contributed by atoms with Gasteiger partial charge in [-0.15, -0.1) is 0 Å². The van der Waals surface area contributed by atoms with Crippen LogP contribution >= 0.6 is 0 Å². The van der Waals surface area contributed by atoms with Gasteiger partial charge in [-0.1, -0.05) is 6.42 Å². The van der Waals surface area contributed by atoms with Crippen LogP contribution in [0, 0.1) is 0 Å². The van der Waals surface area contributed by atoms with E-state index in [0.717, 1.165) is 26.1 Å². The Balaban J connectivity index is 1.68. The van der Waals surface area contributed by atoms with Gasteiger partial charge in [0.25, 0.3) is 0 Å². The van der Waals surface area contributed by atoms with Crippen molar-refractivity contribution in [1.29, 1.82) is 0 Å². The van der Waals surface area contributed by atoms with Crippen LogP contribution in [0.15, 0.2) is 24.5 Å². The van der Waals surface area contributed by atoms with Crippen LogP contribution in [0.3, 0.4) is 0 Å². The largest absolute Gasteiger partial charge is 0.369 e. The molecule has 1 aliphatic rings. The molecule has 2 heterocycles. The lowest BCUT2D eigenvalue weighted by molar-refractivity contribution is 0.252. The number of hydrogen-bond donors (Lipinski definition) is 1. The van der Waals surface area contributed by atoms with E-state index in [1.54, 1.807) is 0 Å². The van der Waals surface area contributed by atoms with Crippen LogP contribution in [0.2, 0.25) is 0 Å². The van der Waals surface area contributed by atoms with Crippen molar-refractivity contribution in [3.05, 3.63) is 24.5 Å². The number of hydrogen-bond acceptors (Lipinski definition) is 4. The number of unbranched alkanes of at least 4 members (excludes halogenated alkanes) is 2. The first-order valence-electron chi connectivity index (χ1n) is 6.97. The Hall–Kier alpha value is -1.13. The SMILES string of the molecule is NCCCCCN1CCN(c2ccncc2)CC1. The molecular weight excluding hydrogens is 224 g/mol. The summed E-state index contributed by atoms with van der Waals surface area (Å²) < 4.78 is 0. The van der Waals surface area contributed by atoms with Crippen molar-refractivity contribution in [2.75, 3.05) is 44.2 Å². The average molecular weight is 248 g/mol. The summed E-state index contributed by atoms with van der Waals surface area (Å²) in [6, 6.07) is 4.19. The molecule has 4 nitrogen and oxygen atoms in total. The monoisotopic (exact) mass is 248 g/mol. The molecule has 18 heavy (non-hydrogen) atoms. The van der Waals surface area contributed by atoms with Crippen LogP contribution in [0.4, 0.5) is 5.69 Å². The minimum atomic E-state index is 0.829. The van der Waals surface area contributed by atoms with Gasteiger partial charge in [0, 0.05) is 44.3 Å². The number of nitrogens with zero attached hydrogens (tertiary/aromatic N) is 3. The van der Waals surface area contributed by atoms with Crippen molar-refractivity contribution in [3.63, 3.8) is 0 Å². The number of aromatic nitrogens is 1. The van der Waals surface area contributed by atoms with Gasteiger partial charge in [0.05, 0.1) is 0 Å². The van der Waals surface area contributed by atoms with Crippen molar-refractivity contribution in [1.82, 2.24) is 9.88 Å². The Morgan fingerprint density at radius 1 is 1.00 bits per heavy atom. The third kappa shape index (κ3) is 3.96.